The molecule has 0 radical (unpaired) electrons. The summed E-state index contributed by atoms with van der Waals surface area (Å²) in [5, 5.41) is 15.7. The third kappa shape index (κ3) is 11.0. The number of hydrogen-bond donors (Lipinski definition) is 3. The van der Waals surface area contributed by atoms with E-state index in [4.69, 9.17) is 4.99 Å². The lowest BCUT2D eigenvalue weighted by molar-refractivity contribution is -0.0960. The summed E-state index contributed by atoms with van der Waals surface area (Å²) in [6.45, 7) is 8.62. The quantitative estimate of drug-likeness (QED) is 0.161. The highest BCUT2D eigenvalue weighted by atomic mass is 19.4. The van der Waals surface area contributed by atoms with Crippen molar-refractivity contribution in [3.05, 3.63) is 48.5 Å². The van der Waals surface area contributed by atoms with Gasteiger partial charge in [-0.05, 0) is 57.2 Å². The average molecular weight is 636 g/mol. The van der Waals surface area contributed by atoms with Gasteiger partial charge in [-0.15, -0.1) is 0 Å². The first-order chi connectivity index (χ1) is 20.6. The van der Waals surface area contributed by atoms with E-state index in [0.717, 1.165) is 50.6 Å². The molecule has 4 unspecified atom stereocenters. The van der Waals surface area contributed by atoms with E-state index >= 15 is 0 Å². The number of amidine groups is 1. The van der Waals surface area contributed by atoms with Gasteiger partial charge in [0.25, 0.3) is 0 Å². The Balaban J connectivity index is 2.40. The highest BCUT2D eigenvalue weighted by molar-refractivity contribution is 6.00. The number of aliphatic imine (C=N–C) groups is 2. The van der Waals surface area contributed by atoms with Crippen LogP contribution in [-0.2, 0) is 0 Å². The predicted molar refractivity (Wildman–Crippen MR) is 163 cm³/mol. The Hall–Kier alpha value is -2.84. The molecule has 0 saturated carbocycles. The van der Waals surface area contributed by atoms with Crippen LogP contribution in [0.15, 0.2) is 58.5 Å². The van der Waals surface area contributed by atoms with E-state index in [0.29, 0.717) is 24.5 Å². The smallest absolute Gasteiger partial charge is 0.393 e. The van der Waals surface area contributed by atoms with Crippen LogP contribution in [0.25, 0.3) is 0 Å². The highest BCUT2D eigenvalue weighted by Crippen LogP contribution is 2.26. The molecule has 0 amide bonds. The highest BCUT2D eigenvalue weighted by Gasteiger charge is 2.37. The molecule has 1 fully saturated rings. The van der Waals surface area contributed by atoms with Gasteiger partial charge in [-0.1, -0.05) is 32.6 Å². The molecule has 250 valence electrons. The number of nitrogens with zero attached hydrogens (tertiary/aromatic N) is 5. The van der Waals surface area contributed by atoms with Crippen LogP contribution in [0.4, 0.5) is 26.3 Å². The minimum Gasteiger partial charge on any atom is -0.393 e. The standard InChI is InChI=1S/C30H47F6N7O/c1-7-22(19-25(38-8-2)30(34,35)36)39-20-27-40-26(15-10-9-14-24(37-4)29(31,32)33)41(5)28(42(27)6)43-17-12-11-13-23(44)21(3)16-18-43/h8-10,14,19,21,23,26,28,37,39,44H,2,7,11-13,15-18,20H2,1,3-6H3/b10-9-,22-19+,24-14-,38-25?. The minimum atomic E-state index is -4.65. The van der Waals surface area contributed by atoms with Gasteiger partial charge in [0.1, 0.15) is 29.7 Å². The number of likely N-dealkylation sites (N-methyl/N-ethyl adjacent to an activating group) is 1. The Kier molecular flexibility index (Phi) is 14.4. The molecule has 3 N–H and O–H groups in total. The number of hydrogen-bond acceptors (Lipinski definition) is 8. The number of allylic oxidation sites excluding steroid dienone is 5. The largest absolute Gasteiger partial charge is 0.433 e. The number of alkyl halides is 6. The molecule has 0 spiro atoms. The lowest BCUT2D eigenvalue weighted by Crippen LogP contribution is -2.64. The van der Waals surface area contributed by atoms with E-state index in [1.807, 2.05) is 30.8 Å². The van der Waals surface area contributed by atoms with Crippen molar-refractivity contribution in [2.45, 2.75) is 83.3 Å². The zero-order valence-corrected chi connectivity index (χ0v) is 26.2. The Morgan fingerprint density at radius 2 is 1.82 bits per heavy atom. The summed E-state index contributed by atoms with van der Waals surface area (Å²) in [5.41, 5.74) is -1.63. The third-order valence-corrected chi connectivity index (χ3v) is 7.94. The summed E-state index contributed by atoms with van der Waals surface area (Å²) in [7, 11) is 4.98. The second-order valence-electron chi connectivity index (χ2n) is 11.1. The zero-order valence-electron chi connectivity index (χ0n) is 26.2. The van der Waals surface area contributed by atoms with Crippen molar-refractivity contribution in [1.29, 1.82) is 0 Å². The van der Waals surface area contributed by atoms with Crippen LogP contribution in [-0.4, -0.2) is 103 Å². The molecule has 2 aliphatic rings. The fourth-order valence-corrected chi connectivity index (χ4v) is 5.27. The number of aliphatic hydroxyl groups is 1. The summed E-state index contributed by atoms with van der Waals surface area (Å²) in [6, 6.07) is 0. The predicted octanol–water partition coefficient (Wildman–Crippen LogP) is 5.39. The van der Waals surface area contributed by atoms with Crippen LogP contribution >= 0.6 is 0 Å². The van der Waals surface area contributed by atoms with E-state index in [2.05, 4.69) is 27.1 Å². The number of rotatable bonds is 11. The zero-order chi connectivity index (χ0) is 33.1. The number of halogens is 6. The van der Waals surface area contributed by atoms with Crippen molar-refractivity contribution in [1.82, 2.24) is 25.3 Å². The first kappa shape index (κ1) is 37.3. The Morgan fingerprint density at radius 3 is 2.41 bits per heavy atom. The van der Waals surface area contributed by atoms with E-state index in [9.17, 15) is 31.4 Å². The molecule has 2 heterocycles. The van der Waals surface area contributed by atoms with E-state index in [1.54, 1.807) is 13.0 Å². The maximum absolute atomic E-state index is 13.5. The molecule has 2 rings (SSSR count). The molecule has 14 heteroatoms. The Morgan fingerprint density at radius 1 is 1.11 bits per heavy atom. The molecule has 0 aromatic rings. The van der Waals surface area contributed by atoms with E-state index in [-0.39, 0.29) is 31.3 Å². The molecule has 8 nitrogen and oxygen atoms in total. The van der Waals surface area contributed by atoms with Gasteiger partial charge in [-0.3, -0.25) is 19.8 Å². The average Bonchev–Trinajstić information content (AvgIpc) is 3.02. The van der Waals surface area contributed by atoms with Crippen LogP contribution in [0.2, 0.25) is 0 Å². The van der Waals surface area contributed by atoms with Gasteiger partial charge in [-0.2, -0.15) is 26.3 Å². The fourth-order valence-electron chi connectivity index (χ4n) is 5.27. The molecule has 1 saturated heterocycles. The van der Waals surface area contributed by atoms with E-state index in [1.165, 1.54) is 13.1 Å². The summed E-state index contributed by atoms with van der Waals surface area (Å²) < 4.78 is 79.7. The fraction of sp³-hybridized carbons (Fsp3) is 0.667. The summed E-state index contributed by atoms with van der Waals surface area (Å²) in [4.78, 5) is 14.6. The Labute approximate surface area is 257 Å². The molecule has 0 aliphatic carbocycles. The van der Waals surface area contributed by atoms with Gasteiger partial charge in [0.15, 0.2) is 0 Å². The SMILES string of the molecule is C=CN=C(/C=C(\CC)NCC1=NC(C/C=C\C=C(/NC)C(F)(F)F)N(C)C(N2CCCCC(O)C(C)CC2)N1C)C(F)(F)F. The van der Waals surface area contributed by atoms with Gasteiger partial charge in [-0.25, -0.2) is 0 Å². The van der Waals surface area contributed by atoms with Crippen molar-refractivity contribution in [2.24, 2.45) is 15.9 Å². The van der Waals surface area contributed by atoms with Crippen molar-refractivity contribution >= 4 is 11.5 Å². The van der Waals surface area contributed by atoms with Crippen molar-refractivity contribution < 1.29 is 31.4 Å². The first-order valence-electron chi connectivity index (χ1n) is 14.9. The molecule has 4 atom stereocenters. The van der Waals surface area contributed by atoms with E-state index < -0.39 is 29.9 Å². The monoisotopic (exact) mass is 635 g/mol. The topological polar surface area (TPSA) is 78.7 Å². The molecule has 0 bridgehead atoms. The molecular formula is C30H47F6N7O. The summed E-state index contributed by atoms with van der Waals surface area (Å²) in [6.07, 6.45) is -0.676. The number of aliphatic hydroxyl groups excluding tert-OH is 1. The number of nitrogens with one attached hydrogen (secondary N) is 2. The van der Waals surface area contributed by atoms with Crippen LogP contribution < -0.4 is 10.6 Å². The molecular weight excluding hydrogens is 588 g/mol. The van der Waals surface area contributed by atoms with Gasteiger partial charge in [0.05, 0.1) is 12.6 Å². The van der Waals surface area contributed by atoms with Crippen LogP contribution in [0.5, 0.6) is 0 Å². The Bertz CT molecular complexity index is 1080. The maximum Gasteiger partial charge on any atom is 0.433 e. The molecule has 2 aliphatic heterocycles. The van der Waals surface area contributed by atoms with Gasteiger partial charge < -0.3 is 20.6 Å². The van der Waals surface area contributed by atoms with Crippen molar-refractivity contribution in [2.75, 3.05) is 40.8 Å². The van der Waals surface area contributed by atoms with Gasteiger partial charge in [0, 0.05) is 45.5 Å². The second kappa shape index (κ2) is 17.0. The summed E-state index contributed by atoms with van der Waals surface area (Å²) in [5.74, 6) is 0.706. The van der Waals surface area contributed by atoms with Gasteiger partial charge in [0.2, 0.25) is 0 Å². The second-order valence-corrected chi connectivity index (χ2v) is 11.1. The maximum atomic E-state index is 13.5. The molecule has 0 aromatic heterocycles. The molecule has 0 aromatic carbocycles. The van der Waals surface area contributed by atoms with Crippen LogP contribution in [0, 0.1) is 5.92 Å². The van der Waals surface area contributed by atoms with Crippen molar-refractivity contribution in [3.63, 3.8) is 0 Å². The minimum absolute atomic E-state index is 0.113. The third-order valence-electron chi connectivity index (χ3n) is 7.94. The molecule has 44 heavy (non-hydrogen) atoms. The van der Waals surface area contributed by atoms with Crippen LogP contribution in [0.1, 0.15) is 52.4 Å². The normalized spacial score (nSPS) is 26.2. The first-order valence-corrected chi connectivity index (χ1v) is 14.9. The lowest BCUT2D eigenvalue weighted by Gasteiger charge is -2.49. The van der Waals surface area contributed by atoms with Crippen LogP contribution in [0.3, 0.4) is 0 Å². The summed E-state index contributed by atoms with van der Waals surface area (Å²) >= 11 is 0. The lowest BCUT2D eigenvalue weighted by atomic mass is 9.97. The van der Waals surface area contributed by atoms with Gasteiger partial charge >= 0.3 is 12.4 Å². The van der Waals surface area contributed by atoms with Crippen molar-refractivity contribution in [3.8, 4) is 0 Å².